The third kappa shape index (κ3) is 3.76. The summed E-state index contributed by atoms with van der Waals surface area (Å²) in [5.41, 5.74) is 0.924. The molecule has 1 atom stereocenters. The highest BCUT2D eigenvalue weighted by Crippen LogP contribution is 2.34. The molecule has 2 aromatic rings. The number of likely N-dealkylation sites (N-methyl/N-ethyl adjacent to an activating group) is 1. The van der Waals surface area contributed by atoms with Gasteiger partial charge in [0, 0.05) is 20.0 Å². The first-order chi connectivity index (χ1) is 13.2. The van der Waals surface area contributed by atoms with Gasteiger partial charge in [0.15, 0.2) is 23.2 Å². The fourth-order valence-electron chi connectivity index (χ4n) is 3.25. The standard InChI is InChI=1S/C20H24F2N4O2/c1-11(2)5-6-26-12(3)20(28)25(4)16-10-23-17(24-19(16)26)9-13-7-14(21)18(27)15(22)8-13/h7-8,10-12,27H,5-6,9H2,1-4H3. The molecule has 0 saturated heterocycles. The Labute approximate surface area is 162 Å². The minimum atomic E-state index is -1.02. The number of halogens is 2. The number of phenols is 1. The fraction of sp³-hybridized carbons (Fsp3) is 0.450. The molecule has 0 aliphatic carbocycles. The van der Waals surface area contributed by atoms with E-state index in [0.29, 0.717) is 35.4 Å². The molecule has 1 aromatic carbocycles. The van der Waals surface area contributed by atoms with E-state index in [-0.39, 0.29) is 18.4 Å². The first kappa shape index (κ1) is 20.0. The monoisotopic (exact) mass is 390 g/mol. The highest BCUT2D eigenvalue weighted by molar-refractivity contribution is 6.03. The van der Waals surface area contributed by atoms with Crippen molar-refractivity contribution in [2.75, 3.05) is 23.4 Å². The SMILES string of the molecule is CC(C)CCN1c2nc(Cc3cc(F)c(O)c(F)c3)ncc2N(C)C(=O)C1C. The number of phenolic OH excluding ortho intramolecular Hbond substituents is 1. The molecule has 0 fully saturated rings. The van der Waals surface area contributed by atoms with E-state index in [0.717, 1.165) is 18.6 Å². The van der Waals surface area contributed by atoms with Gasteiger partial charge in [0.05, 0.1) is 6.20 Å². The molecule has 1 aliphatic rings. The molecule has 0 radical (unpaired) electrons. The van der Waals surface area contributed by atoms with Crippen molar-refractivity contribution < 1.29 is 18.7 Å². The highest BCUT2D eigenvalue weighted by Gasteiger charge is 2.35. The number of carbonyl (C=O) groups excluding carboxylic acids is 1. The summed E-state index contributed by atoms with van der Waals surface area (Å²) >= 11 is 0. The van der Waals surface area contributed by atoms with E-state index >= 15 is 0 Å². The second-order valence-corrected chi connectivity index (χ2v) is 7.53. The Kier molecular flexibility index (Phi) is 5.49. The Morgan fingerprint density at radius 2 is 1.89 bits per heavy atom. The topological polar surface area (TPSA) is 69.6 Å². The van der Waals surface area contributed by atoms with Gasteiger partial charge in [-0.1, -0.05) is 13.8 Å². The molecule has 3 rings (SSSR count). The molecule has 0 spiro atoms. The number of amides is 1. The largest absolute Gasteiger partial charge is 0.503 e. The number of nitrogens with zero attached hydrogens (tertiary/aromatic N) is 4. The van der Waals surface area contributed by atoms with Gasteiger partial charge in [-0.25, -0.2) is 18.7 Å². The minimum absolute atomic E-state index is 0.0321. The number of carbonyl (C=O) groups is 1. The van der Waals surface area contributed by atoms with E-state index in [9.17, 15) is 18.7 Å². The van der Waals surface area contributed by atoms with Crippen molar-refractivity contribution in [3.63, 3.8) is 0 Å². The third-order valence-corrected chi connectivity index (χ3v) is 4.98. The van der Waals surface area contributed by atoms with Crippen LogP contribution in [0.15, 0.2) is 18.3 Å². The zero-order chi connectivity index (χ0) is 20.6. The van der Waals surface area contributed by atoms with Gasteiger partial charge in [-0.3, -0.25) is 4.79 Å². The lowest BCUT2D eigenvalue weighted by molar-refractivity contribution is -0.119. The van der Waals surface area contributed by atoms with Gasteiger partial charge in [0.1, 0.15) is 17.6 Å². The number of anilines is 2. The Morgan fingerprint density at radius 3 is 2.50 bits per heavy atom. The molecule has 1 aliphatic heterocycles. The van der Waals surface area contributed by atoms with Gasteiger partial charge in [0.25, 0.3) is 0 Å². The maximum atomic E-state index is 13.6. The van der Waals surface area contributed by atoms with E-state index in [4.69, 9.17) is 0 Å². The predicted molar refractivity (Wildman–Crippen MR) is 103 cm³/mol. The van der Waals surface area contributed by atoms with Crippen LogP contribution in [0.2, 0.25) is 0 Å². The molecule has 0 saturated carbocycles. The summed E-state index contributed by atoms with van der Waals surface area (Å²) in [5.74, 6) is -1.59. The van der Waals surface area contributed by atoms with E-state index in [1.807, 2.05) is 11.8 Å². The molecule has 1 N–H and O–H groups in total. The lowest BCUT2D eigenvalue weighted by Gasteiger charge is -2.39. The molecule has 1 unspecified atom stereocenters. The number of hydrogen-bond acceptors (Lipinski definition) is 5. The second-order valence-electron chi connectivity index (χ2n) is 7.53. The van der Waals surface area contributed by atoms with Crippen molar-refractivity contribution in [1.82, 2.24) is 9.97 Å². The smallest absolute Gasteiger partial charge is 0.249 e. The Balaban J connectivity index is 1.96. The van der Waals surface area contributed by atoms with Gasteiger partial charge >= 0.3 is 0 Å². The van der Waals surface area contributed by atoms with Crippen LogP contribution in [0.3, 0.4) is 0 Å². The average Bonchev–Trinajstić information content (AvgIpc) is 2.64. The third-order valence-electron chi connectivity index (χ3n) is 4.98. The highest BCUT2D eigenvalue weighted by atomic mass is 19.1. The lowest BCUT2D eigenvalue weighted by atomic mass is 10.1. The van der Waals surface area contributed by atoms with Crippen LogP contribution >= 0.6 is 0 Å². The molecule has 1 aromatic heterocycles. The first-order valence-electron chi connectivity index (χ1n) is 9.26. The molecule has 0 bridgehead atoms. The van der Waals surface area contributed by atoms with E-state index < -0.39 is 17.4 Å². The van der Waals surface area contributed by atoms with Crippen molar-refractivity contribution in [3.05, 3.63) is 41.4 Å². The summed E-state index contributed by atoms with van der Waals surface area (Å²) in [4.78, 5) is 24.9. The fourth-order valence-corrected chi connectivity index (χ4v) is 3.25. The number of benzene rings is 1. The van der Waals surface area contributed by atoms with E-state index in [2.05, 4.69) is 23.8 Å². The van der Waals surface area contributed by atoms with Crippen molar-refractivity contribution in [2.24, 2.45) is 5.92 Å². The van der Waals surface area contributed by atoms with Gasteiger partial charge in [0.2, 0.25) is 5.91 Å². The molecular weight excluding hydrogens is 366 g/mol. The van der Waals surface area contributed by atoms with E-state index in [1.54, 1.807) is 13.2 Å². The predicted octanol–water partition coefficient (Wildman–Crippen LogP) is 3.27. The van der Waals surface area contributed by atoms with Crippen molar-refractivity contribution in [3.8, 4) is 5.75 Å². The van der Waals surface area contributed by atoms with Crippen LogP contribution in [0, 0.1) is 17.6 Å². The number of aromatic hydroxyl groups is 1. The zero-order valence-corrected chi connectivity index (χ0v) is 16.4. The second kappa shape index (κ2) is 7.69. The lowest BCUT2D eigenvalue weighted by Crippen LogP contribution is -2.51. The maximum Gasteiger partial charge on any atom is 0.249 e. The summed E-state index contributed by atoms with van der Waals surface area (Å²) in [5, 5.41) is 9.25. The van der Waals surface area contributed by atoms with Crippen LogP contribution in [0.4, 0.5) is 20.3 Å². The number of aromatic nitrogens is 2. The van der Waals surface area contributed by atoms with Crippen LogP contribution in [-0.4, -0.2) is 40.6 Å². The summed E-state index contributed by atoms with van der Waals surface area (Å²) < 4.78 is 27.2. The quantitative estimate of drug-likeness (QED) is 0.849. The van der Waals surface area contributed by atoms with Crippen molar-refractivity contribution >= 4 is 17.4 Å². The summed E-state index contributed by atoms with van der Waals surface area (Å²) in [6.45, 7) is 6.74. The molecule has 2 heterocycles. The molecule has 150 valence electrons. The van der Waals surface area contributed by atoms with Gasteiger partial charge < -0.3 is 14.9 Å². The number of fused-ring (bicyclic) bond motifs is 1. The molecule has 28 heavy (non-hydrogen) atoms. The Hall–Kier alpha value is -2.77. The summed E-state index contributed by atoms with van der Waals surface area (Å²) in [6.07, 6.45) is 2.57. The van der Waals surface area contributed by atoms with Crippen molar-refractivity contribution in [1.29, 1.82) is 0 Å². The zero-order valence-electron chi connectivity index (χ0n) is 16.4. The van der Waals surface area contributed by atoms with Crippen LogP contribution in [0.1, 0.15) is 38.6 Å². The number of hydrogen-bond donors (Lipinski definition) is 1. The number of rotatable bonds is 5. The van der Waals surface area contributed by atoms with Gasteiger partial charge in [-0.2, -0.15) is 0 Å². The molecular formula is C20H24F2N4O2. The normalized spacial score (nSPS) is 16.7. The van der Waals surface area contributed by atoms with Gasteiger partial charge in [-0.05, 0) is 37.0 Å². The molecule has 1 amide bonds. The average molecular weight is 390 g/mol. The molecule has 8 heteroatoms. The Morgan fingerprint density at radius 1 is 1.25 bits per heavy atom. The Bertz CT molecular complexity index is 881. The van der Waals surface area contributed by atoms with Crippen LogP contribution < -0.4 is 9.80 Å². The van der Waals surface area contributed by atoms with Crippen LogP contribution in [0.5, 0.6) is 5.75 Å². The van der Waals surface area contributed by atoms with Crippen LogP contribution in [-0.2, 0) is 11.2 Å². The summed E-state index contributed by atoms with van der Waals surface area (Å²) in [7, 11) is 1.69. The van der Waals surface area contributed by atoms with Crippen LogP contribution in [0.25, 0.3) is 0 Å². The van der Waals surface area contributed by atoms with Gasteiger partial charge in [-0.15, -0.1) is 0 Å². The van der Waals surface area contributed by atoms with E-state index in [1.165, 1.54) is 4.90 Å². The first-order valence-corrected chi connectivity index (χ1v) is 9.26. The minimum Gasteiger partial charge on any atom is -0.503 e. The summed E-state index contributed by atoms with van der Waals surface area (Å²) in [6, 6.07) is 1.77. The maximum absolute atomic E-state index is 13.6. The molecule has 6 nitrogen and oxygen atoms in total. The van der Waals surface area contributed by atoms with Crippen molar-refractivity contribution in [2.45, 2.75) is 39.7 Å².